The van der Waals surface area contributed by atoms with E-state index in [9.17, 15) is 9.59 Å². The molecule has 3 aliphatic rings. The van der Waals surface area contributed by atoms with Crippen LogP contribution in [0.15, 0.2) is 77.4 Å². The Bertz CT molecular complexity index is 1540. The molecular weight excluding hydrogens is 502 g/mol. The fourth-order valence-corrected chi connectivity index (χ4v) is 6.29. The van der Waals surface area contributed by atoms with Crippen LogP contribution in [0.25, 0.3) is 5.69 Å². The van der Waals surface area contributed by atoms with Gasteiger partial charge in [0.05, 0.1) is 17.8 Å². The van der Waals surface area contributed by atoms with Gasteiger partial charge in [-0.25, -0.2) is 4.68 Å². The summed E-state index contributed by atoms with van der Waals surface area (Å²) in [5.41, 5.74) is 4.34. The predicted molar refractivity (Wildman–Crippen MR) is 151 cm³/mol. The lowest BCUT2D eigenvalue weighted by Crippen LogP contribution is -2.37. The van der Waals surface area contributed by atoms with Crippen LogP contribution >= 0.6 is 0 Å². The predicted octanol–water partition coefficient (Wildman–Crippen LogP) is 6.55. The Kier molecular flexibility index (Phi) is 6.28. The topological polar surface area (TPSA) is 83.3 Å². The van der Waals surface area contributed by atoms with Gasteiger partial charge in [-0.1, -0.05) is 69.3 Å². The highest BCUT2D eigenvalue weighted by Crippen LogP contribution is 2.54. The van der Waals surface area contributed by atoms with Gasteiger partial charge in [0.1, 0.15) is 29.6 Å². The number of ether oxygens (including phenoxy) is 2. The maximum absolute atomic E-state index is 13.7. The van der Waals surface area contributed by atoms with Gasteiger partial charge in [0.25, 0.3) is 0 Å². The van der Waals surface area contributed by atoms with Gasteiger partial charge in [-0.05, 0) is 35.4 Å². The molecule has 0 atom stereocenters. The van der Waals surface area contributed by atoms with Crippen molar-refractivity contribution >= 4 is 11.6 Å². The Morgan fingerprint density at radius 3 is 2.12 bits per heavy atom. The van der Waals surface area contributed by atoms with E-state index in [1.165, 1.54) is 0 Å². The van der Waals surface area contributed by atoms with Crippen molar-refractivity contribution in [2.24, 2.45) is 10.8 Å². The number of aryl methyl sites for hydroxylation is 1. The second kappa shape index (κ2) is 9.58. The third kappa shape index (κ3) is 4.78. The summed E-state index contributed by atoms with van der Waals surface area (Å²) < 4.78 is 14.5. The van der Waals surface area contributed by atoms with E-state index in [0.29, 0.717) is 59.8 Å². The number of Topliss-reactive ketones (excluding diaryl/α,β-unsaturated/α-hetero) is 2. The van der Waals surface area contributed by atoms with Crippen molar-refractivity contribution in [3.05, 3.63) is 94.2 Å². The SMILES string of the molecule is Cc1ccccc1-n1cc(COc2ccccc2C2C3=C(CC(C)(C)CC3=O)OC3=C2C(=O)CC(C)(C)C3)nn1. The molecule has 0 saturated heterocycles. The number of carbonyl (C=O) groups is 2. The summed E-state index contributed by atoms with van der Waals surface area (Å²) in [6.07, 6.45) is 4.00. The number of carbonyl (C=O) groups excluding carboxylic acids is 2. The van der Waals surface area contributed by atoms with Crippen LogP contribution in [0.3, 0.4) is 0 Å². The molecule has 0 saturated carbocycles. The quantitative estimate of drug-likeness (QED) is 0.367. The number of hydrogen-bond donors (Lipinski definition) is 0. The van der Waals surface area contributed by atoms with Gasteiger partial charge in [-0.15, -0.1) is 5.10 Å². The molecule has 6 rings (SSSR count). The first-order valence-electron chi connectivity index (χ1n) is 13.9. The lowest BCUT2D eigenvalue weighted by molar-refractivity contribution is -0.120. The molecular formula is C33H35N3O4. The minimum Gasteiger partial charge on any atom is -0.487 e. The standard InChI is InChI=1S/C33H35N3O4/c1-20-10-6-8-12-23(20)36-18-21(34-35-36)19-39-26-13-9-7-11-22(26)29-30-24(37)14-32(2,3)16-27(30)40-28-17-33(4,5)15-25(38)31(28)29/h6-13,18,29H,14-17,19H2,1-5H3. The first kappa shape index (κ1) is 26.2. The Balaban J connectivity index is 1.37. The first-order valence-corrected chi connectivity index (χ1v) is 13.9. The fourth-order valence-electron chi connectivity index (χ4n) is 6.29. The zero-order valence-electron chi connectivity index (χ0n) is 23.8. The van der Waals surface area contributed by atoms with Crippen molar-refractivity contribution in [1.82, 2.24) is 15.0 Å². The van der Waals surface area contributed by atoms with Crippen LogP contribution in [0.4, 0.5) is 0 Å². The molecule has 0 fully saturated rings. The molecule has 3 aromatic rings. The molecule has 40 heavy (non-hydrogen) atoms. The average Bonchev–Trinajstić information content (AvgIpc) is 3.34. The van der Waals surface area contributed by atoms with Crippen molar-refractivity contribution in [3.63, 3.8) is 0 Å². The number of aromatic nitrogens is 3. The molecule has 2 aromatic carbocycles. The summed E-state index contributed by atoms with van der Waals surface area (Å²) >= 11 is 0. The van der Waals surface area contributed by atoms with E-state index in [1.54, 1.807) is 4.68 Å². The van der Waals surface area contributed by atoms with Gasteiger partial charge < -0.3 is 9.47 Å². The molecule has 7 heteroatoms. The average molecular weight is 538 g/mol. The van der Waals surface area contributed by atoms with Crippen molar-refractivity contribution in [3.8, 4) is 11.4 Å². The van der Waals surface area contributed by atoms with Gasteiger partial charge in [-0.3, -0.25) is 9.59 Å². The third-order valence-electron chi connectivity index (χ3n) is 8.09. The zero-order valence-corrected chi connectivity index (χ0v) is 23.8. The van der Waals surface area contributed by atoms with E-state index in [1.807, 2.05) is 61.7 Å². The third-order valence-corrected chi connectivity index (χ3v) is 8.09. The van der Waals surface area contributed by atoms with E-state index in [-0.39, 0.29) is 29.0 Å². The maximum atomic E-state index is 13.7. The van der Waals surface area contributed by atoms with Crippen LogP contribution in [-0.2, 0) is 20.9 Å². The Labute approximate surface area is 234 Å². The second-order valence-electron chi connectivity index (χ2n) is 12.9. The number of hydrogen-bond acceptors (Lipinski definition) is 6. The number of para-hydroxylation sites is 2. The number of nitrogens with zero attached hydrogens (tertiary/aromatic N) is 3. The summed E-state index contributed by atoms with van der Waals surface area (Å²) in [7, 11) is 0. The summed E-state index contributed by atoms with van der Waals surface area (Å²) in [5, 5.41) is 8.61. The molecule has 0 radical (unpaired) electrons. The smallest absolute Gasteiger partial charge is 0.163 e. The van der Waals surface area contributed by atoms with Gasteiger partial charge in [0.15, 0.2) is 11.6 Å². The lowest BCUT2D eigenvalue weighted by atomic mass is 9.65. The molecule has 7 nitrogen and oxygen atoms in total. The molecule has 2 heterocycles. The summed E-state index contributed by atoms with van der Waals surface area (Å²) in [5.74, 6) is 1.59. The van der Waals surface area contributed by atoms with E-state index in [4.69, 9.17) is 9.47 Å². The molecule has 206 valence electrons. The van der Waals surface area contributed by atoms with E-state index >= 15 is 0 Å². The van der Waals surface area contributed by atoms with Gasteiger partial charge >= 0.3 is 0 Å². The van der Waals surface area contributed by atoms with Crippen LogP contribution in [-0.4, -0.2) is 26.6 Å². The van der Waals surface area contributed by atoms with E-state index in [0.717, 1.165) is 16.8 Å². The number of allylic oxidation sites excluding steroid dienone is 4. The molecule has 2 aliphatic carbocycles. The van der Waals surface area contributed by atoms with E-state index in [2.05, 4.69) is 38.0 Å². The van der Waals surface area contributed by atoms with Crippen molar-refractivity contribution < 1.29 is 19.1 Å². The van der Waals surface area contributed by atoms with Crippen LogP contribution in [0.1, 0.15) is 76.1 Å². The molecule has 1 aliphatic heterocycles. The number of rotatable bonds is 5. The van der Waals surface area contributed by atoms with Gasteiger partial charge in [0.2, 0.25) is 0 Å². The highest BCUT2D eigenvalue weighted by Gasteiger charge is 2.48. The minimum atomic E-state index is -0.509. The normalized spacial score (nSPS) is 20.2. The van der Waals surface area contributed by atoms with Crippen LogP contribution in [0.2, 0.25) is 0 Å². The minimum absolute atomic E-state index is 0.0383. The fraction of sp³-hybridized carbons (Fsp3) is 0.394. The van der Waals surface area contributed by atoms with Crippen molar-refractivity contribution in [2.75, 3.05) is 0 Å². The zero-order chi connectivity index (χ0) is 28.2. The monoisotopic (exact) mass is 537 g/mol. The second-order valence-corrected chi connectivity index (χ2v) is 12.9. The Hall–Kier alpha value is -4.00. The maximum Gasteiger partial charge on any atom is 0.163 e. The highest BCUT2D eigenvalue weighted by molar-refractivity contribution is 6.06. The first-order chi connectivity index (χ1) is 19.0. The van der Waals surface area contributed by atoms with Crippen LogP contribution < -0.4 is 4.74 Å². The Morgan fingerprint density at radius 2 is 1.48 bits per heavy atom. The molecule has 0 unspecified atom stereocenters. The summed E-state index contributed by atoms with van der Waals surface area (Å²) in [4.78, 5) is 27.3. The van der Waals surface area contributed by atoms with Crippen LogP contribution in [0, 0.1) is 17.8 Å². The van der Waals surface area contributed by atoms with Crippen molar-refractivity contribution in [1.29, 1.82) is 0 Å². The number of benzene rings is 2. The highest BCUT2D eigenvalue weighted by atomic mass is 16.5. The summed E-state index contributed by atoms with van der Waals surface area (Å²) in [6.45, 7) is 10.6. The van der Waals surface area contributed by atoms with E-state index < -0.39 is 5.92 Å². The Morgan fingerprint density at radius 1 is 0.875 bits per heavy atom. The molecule has 0 bridgehead atoms. The molecule has 0 amide bonds. The van der Waals surface area contributed by atoms with Gasteiger partial charge in [0, 0.05) is 42.4 Å². The number of ketones is 2. The van der Waals surface area contributed by atoms with Gasteiger partial charge in [-0.2, -0.15) is 0 Å². The molecule has 0 N–H and O–H groups in total. The lowest BCUT2D eigenvalue weighted by Gasteiger charge is -2.43. The molecule has 0 spiro atoms. The van der Waals surface area contributed by atoms with Crippen molar-refractivity contribution in [2.45, 2.75) is 72.8 Å². The van der Waals surface area contributed by atoms with Crippen LogP contribution in [0.5, 0.6) is 5.75 Å². The summed E-state index contributed by atoms with van der Waals surface area (Å²) in [6, 6.07) is 15.7. The molecule has 1 aromatic heterocycles. The largest absolute Gasteiger partial charge is 0.487 e.